The summed E-state index contributed by atoms with van der Waals surface area (Å²) in [6, 6.07) is 17.4. The molecule has 4 heteroatoms. The summed E-state index contributed by atoms with van der Waals surface area (Å²) in [6.07, 6.45) is 1.83. The van der Waals surface area contributed by atoms with Crippen LogP contribution in [-0.2, 0) is 11.2 Å². The summed E-state index contributed by atoms with van der Waals surface area (Å²) in [6.45, 7) is 4.46. The topological polar surface area (TPSA) is 23.6 Å². The van der Waals surface area contributed by atoms with Crippen LogP contribution in [0.2, 0.25) is 0 Å². The molecule has 136 valence electrons. The largest absolute Gasteiger partial charge is 0.340 e. The molecule has 2 aliphatic rings. The third kappa shape index (κ3) is 3.80. The van der Waals surface area contributed by atoms with Crippen molar-refractivity contribution in [2.24, 2.45) is 5.92 Å². The number of piperazine rings is 1. The minimum Gasteiger partial charge on any atom is -0.340 e. The van der Waals surface area contributed by atoms with Gasteiger partial charge in [-0.05, 0) is 36.0 Å². The van der Waals surface area contributed by atoms with Crippen LogP contribution in [0.3, 0.4) is 0 Å². The lowest BCUT2D eigenvalue weighted by atomic mass is 10.1. The molecule has 1 saturated heterocycles. The number of rotatable bonds is 5. The van der Waals surface area contributed by atoms with Gasteiger partial charge in [0, 0.05) is 38.6 Å². The Labute approximate surface area is 154 Å². The highest BCUT2D eigenvalue weighted by atomic mass is 19.1. The minimum absolute atomic E-state index is 0.0252. The van der Waals surface area contributed by atoms with Crippen LogP contribution in [0, 0.1) is 11.7 Å². The number of hydrogen-bond acceptors (Lipinski definition) is 2. The van der Waals surface area contributed by atoms with Crippen LogP contribution in [0.4, 0.5) is 4.39 Å². The molecule has 0 spiro atoms. The van der Waals surface area contributed by atoms with Gasteiger partial charge in [0.1, 0.15) is 5.82 Å². The number of hydrogen-bond donors (Lipinski definition) is 0. The van der Waals surface area contributed by atoms with Gasteiger partial charge in [-0.3, -0.25) is 9.69 Å². The second-order valence-electron chi connectivity index (χ2n) is 7.37. The van der Waals surface area contributed by atoms with Gasteiger partial charge < -0.3 is 4.90 Å². The quantitative estimate of drug-likeness (QED) is 0.824. The Morgan fingerprint density at radius 2 is 1.65 bits per heavy atom. The first-order valence-electron chi connectivity index (χ1n) is 9.52. The van der Waals surface area contributed by atoms with Gasteiger partial charge in [0.25, 0.3) is 0 Å². The number of carbonyl (C=O) groups is 1. The van der Waals surface area contributed by atoms with Crippen LogP contribution >= 0.6 is 0 Å². The fourth-order valence-electron chi connectivity index (χ4n) is 3.95. The number of halogens is 1. The lowest BCUT2D eigenvalue weighted by molar-refractivity contribution is -0.134. The van der Waals surface area contributed by atoms with E-state index in [0.717, 1.165) is 45.6 Å². The van der Waals surface area contributed by atoms with Gasteiger partial charge in [0.15, 0.2) is 0 Å². The maximum absolute atomic E-state index is 13.9. The number of benzene rings is 2. The zero-order chi connectivity index (χ0) is 17.9. The van der Waals surface area contributed by atoms with Gasteiger partial charge in [0.05, 0.1) is 0 Å². The molecule has 26 heavy (non-hydrogen) atoms. The fourth-order valence-corrected chi connectivity index (χ4v) is 3.95. The highest BCUT2D eigenvalue weighted by Gasteiger charge is 2.47. The first-order chi connectivity index (χ1) is 12.7. The molecule has 0 radical (unpaired) electrons. The van der Waals surface area contributed by atoms with Gasteiger partial charge >= 0.3 is 0 Å². The Kier molecular flexibility index (Phi) is 5.02. The predicted molar refractivity (Wildman–Crippen MR) is 100 cm³/mol. The first-order valence-corrected chi connectivity index (χ1v) is 9.52. The molecule has 2 aromatic carbocycles. The standard InChI is InChI=1S/C22H25FN2O/c23-21-9-5-4-8-18(21)19-16-20(19)22(26)25-14-12-24(13-15-25)11-10-17-6-2-1-3-7-17/h1-9,19-20H,10-16H2. The normalized spacial score (nSPS) is 23.0. The molecule has 3 nitrogen and oxygen atoms in total. The van der Waals surface area contributed by atoms with E-state index in [-0.39, 0.29) is 23.6 Å². The van der Waals surface area contributed by atoms with Gasteiger partial charge in [-0.2, -0.15) is 0 Å². The summed E-state index contributed by atoms with van der Waals surface area (Å²) in [7, 11) is 0. The highest BCUT2D eigenvalue weighted by molar-refractivity contribution is 5.83. The SMILES string of the molecule is O=C(C1CC1c1ccccc1F)N1CCN(CCc2ccccc2)CC1. The van der Waals surface area contributed by atoms with Crippen molar-refractivity contribution in [2.45, 2.75) is 18.8 Å². The summed E-state index contributed by atoms with van der Waals surface area (Å²) < 4.78 is 13.9. The van der Waals surface area contributed by atoms with Crippen molar-refractivity contribution < 1.29 is 9.18 Å². The average molecular weight is 352 g/mol. The Hall–Kier alpha value is -2.20. The van der Waals surface area contributed by atoms with Crippen molar-refractivity contribution >= 4 is 5.91 Å². The maximum atomic E-state index is 13.9. The maximum Gasteiger partial charge on any atom is 0.226 e. The third-order valence-corrected chi connectivity index (χ3v) is 5.66. The molecule has 1 saturated carbocycles. The molecule has 2 aromatic rings. The van der Waals surface area contributed by atoms with E-state index in [1.807, 2.05) is 23.1 Å². The Bertz CT molecular complexity index is 756. The van der Waals surface area contributed by atoms with E-state index >= 15 is 0 Å². The molecule has 2 atom stereocenters. The molecule has 1 aliphatic carbocycles. The second-order valence-corrected chi connectivity index (χ2v) is 7.37. The van der Waals surface area contributed by atoms with Crippen LogP contribution in [0.1, 0.15) is 23.5 Å². The summed E-state index contributed by atoms with van der Waals surface area (Å²) >= 11 is 0. The van der Waals surface area contributed by atoms with Crippen LogP contribution in [0.15, 0.2) is 54.6 Å². The predicted octanol–water partition coefficient (Wildman–Crippen LogP) is 3.32. The molecule has 0 bridgehead atoms. The molecule has 2 fully saturated rings. The van der Waals surface area contributed by atoms with Crippen molar-refractivity contribution in [3.63, 3.8) is 0 Å². The zero-order valence-electron chi connectivity index (χ0n) is 15.0. The molecule has 2 unspecified atom stereocenters. The second kappa shape index (κ2) is 7.58. The molecule has 1 heterocycles. The van der Waals surface area contributed by atoms with E-state index in [1.165, 1.54) is 11.6 Å². The minimum atomic E-state index is -0.182. The van der Waals surface area contributed by atoms with Crippen molar-refractivity contribution in [3.05, 3.63) is 71.5 Å². The number of carbonyl (C=O) groups excluding carboxylic acids is 1. The monoisotopic (exact) mass is 352 g/mol. The molecule has 4 rings (SSSR count). The molecule has 0 aromatic heterocycles. The summed E-state index contributed by atoms with van der Waals surface area (Å²) in [5.41, 5.74) is 2.06. The van der Waals surface area contributed by atoms with E-state index in [9.17, 15) is 9.18 Å². The van der Waals surface area contributed by atoms with Crippen LogP contribution in [0.25, 0.3) is 0 Å². The number of amides is 1. The Morgan fingerprint density at radius 3 is 2.38 bits per heavy atom. The van der Waals surface area contributed by atoms with E-state index < -0.39 is 0 Å². The molecule has 1 amide bonds. The van der Waals surface area contributed by atoms with Gasteiger partial charge in [-0.25, -0.2) is 4.39 Å². The number of nitrogens with zero attached hydrogens (tertiary/aromatic N) is 2. The van der Waals surface area contributed by atoms with Crippen LogP contribution < -0.4 is 0 Å². The summed E-state index contributed by atoms with van der Waals surface area (Å²) in [4.78, 5) is 17.1. The van der Waals surface area contributed by atoms with E-state index in [2.05, 4.69) is 29.2 Å². The third-order valence-electron chi connectivity index (χ3n) is 5.66. The van der Waals surface area contributed by atoms with Crippen LogP contribution in [-0.4, -0.2) is 48.4 Å². The Morgan fingerprint density at radius 1 is 0.962 bits per heavy atom. The Balaban J connectivity index is 1.25. The van der Waals surface area contributed by atoms with Crippen molar-refractivity contribution in [3.8, 4) is 0 Å². The van der Waals surface area contributed by atoms with E-state index in [4.69, 9.17) is 0 Å². The average Bonchev–Trinajstić information content (AvgIpc) is 3.48. The van der Waals surface area contributed by atoms with E-state index in [0.29, 0.717) is 5.56 Å². The molecular formula is C22H25FN2O. The van der Waals surface area contributed by atoms with Gasteiger partial charge in [0.2, 0.25) is 5.91 Å². The van der Waals surface area contributed by atoms with Gasteiger partial charge in [-0.15, -0.1) is 0 Å². The smallest absolute Gasteiger partial charge is 0.226 e. The molecule has 0 N–H and O–H groups in total. The summed E-state index contributed by atoms with van der Waals surface area (Å²) in [5.74, 6) is 0.0714. The first kappa shape index (κ1) is 17.2. The van der Waals surface area contributed by atoms with Crippen LogP contribution in [0.5, 0.6) is 0 Å². The zero-order valence-corrected chi connectivity index (χ0v) is 15.0. The van der Waals surface area contributed by atoms with E-state index in [1.54, 1.807) is 6.07 Å². The van der Waals surface area contributed by atoms with Crippen molar-refractivity contribution in [2.75, 3.05) is 32.7 Å². The van der Waals surface area contributed by atoms with Crippen molar-refractivity contribution in [1.82, 2.24) is 9.80 Å². The lowest BCUT2D eigenvalue weighted by Crippen LogP contribution is -2.49. The van der Waals surface area contributed by atoms with Crippen molar-refractivity contribution in [1.29, 1.82) is 0 Å². The molecule has 1 aliphatic heterocycles. The summed E-state index contributed by atoms with van der Waals surface area (Å²) in [5, 5.41) is 0. The highest BCUT2D eigenvalue weighted by Crippen LogP contribution is 2.49. The molecular weight excluding hydrogens is 327 g/mol. The fraction of sp³-hybridized carbons (Fsp3) is 0.409. The lowest BCUT2D eigenvalue weighted by Gasteiger charge is -2.35. The van der Waals surface area contributed by atoms with Gasteiger partial charge in [-0.1, -0.05) is 48.5 Å².